The van der Waals surface area contributed by atoms with Crippen LogP contribution >= 0.6 is 0 Å². The van der Waals surface area contributed by atoms with Gasteiger partial charge in [-0.25, -0.2) is 0 Å². The van der Waals surface area contributed by atoms with Gasteiger partial charge in [-0.15, -0.1) is 0 Å². The Hall–Kier alpha value is -1.43. The van der Waals surface area contributed by atoms with Crippen LogP contribution < -0.4 is 10.6 Å². The van der Waals surface area contributed by atoms with Crippen LogP contribution in [0.25, 0.3) is 0 Å². The summed E-state index contributed by atoms with van der Waals surface area (Å²) in [5.41, 5.74) is 1.31. The van der Waals surface area contributed by atoms with Gasteiger partial charge in [-0.2, -0.15) is 0 Å². The molecule has 1 heterocycles. The first kappa shape index (κ1) is 16.9. The van der Waals surface area contributed by atoms with Gasteiger partial charge >= 0.3 is 0 Å². The van der Waals surface area contributed by atoms with E-state index in [1.807, 2.05) is 6.07 Å². The highest BCUT2D eigenvalue weighted by atomic mass is 16.5. The van der Waals surface area contributed by atoms with Crippen LogP contribution in [0.3, 0.4) is 0 Å². The summed E-state index contributed by atoms with van der Waals surface area (Å²) >= 11 is 0. The number of carbonyl (C=O) groups is 1. The zero-order valence-corrected chi connectivity index (χ0v) is 13.5. The van der Waals surface area contributed by atoms with E-state index in [1.54, 1.807) is 0 Å². The fourth-order valence-electron chi connectivity index (χ4n) is 2.50. The third-order valence-electron chi connectivity index (χ3n) is 4.11. The quantitative estimate of drug-likeness (QED) is 0.789. The predicted molar refractivity (Wildman–Crippen MR) is 87.6 cm³/mol. The highest BCUT2D eigenvalue weighted by Crippen LogP contribution is 2.08. The molecule has 2 atom stereocenters. The minimum Gasteiger partial charge on any atom is -0.366 e. The van der Waals surface area contributed by atoms with Gasteiger partial charge in [0.1, 0.15) is 6.10 Å². The average Bonchev–Trinajstić information content (AvgIpc) is 2.56. The Morgan fingerprint density at radius 3 is 2.91 bits per heavy atom. The maximum Gasteiger partial charge on any atom is 0.250 e. The van der Waals surface area contributed by atoms with E-state index >= 15 is 0 Å². The van der Waals surface area contributed by atoms with E-state index in [0.29, 0.717) is 25.7 Å². The number of morpholine rings is 1. The monoisotopic (exact) mass is 305 g/mol. The standard InChI is InChI=1S/C17H27N3O2/c1-14(20(2)13-15-6-4-3-5-7-15)8-9-19-17(21)16-12-18-10-11-22-16/h3-7,14,16,18H,8-13H2,1-2H3,(H,19,21). The van der Waals surface area contributed by atoms with Gasteiger partial charge in [0.2, 0.25) is 5.91 Å². The van der Waals surface area contributed by atoms with Gasteiger partial charge in [-0.05, 0) is 26.0 Å². The molecule has 2 unspecified atom stereocenters. The Bertz CT molecular complexity index is 446. The number of rotatable bonds is 7. The zero-order chi connectivity index (χ0) is 15.8. The molecule has 2 N–H and O–H groups in total. The molecule has 1 aromatic carbocycles. The Labute approximate surface area is 133 Å². The fraction of sp³-hybridized carbons (Fsp3) is 0.588. The molecular formula is C17H27N3O2. The molecule has 22 heavy (non-hydrogen) atoms. The number of nitrogens with one attached hydrogen (secondary N) is 2. The Kier molecular flexibility index (Phi) is 6.83. The molecule has 122 valence electrons. The first-order valence-electron chi connectivity index (χ1n) is 8.01. The molecule has 0 spiro atoms. The van der Waals surface area contributed by atoms with Crippen molar-refractivity contribution in [3.8, 4) is 0 Å². The summed E-state index contributed by atoms with van der Waals surface area (Å²) in [7, 11) is 2.12. The summed E-state index contributed by atoms with van der Waals surface area (Å²) < 4.78 is 5.44. The summed E-state index contributed by atoms with van der Waals surface area (Å²) in [4.78, 5) is 14.3. The molecule has 1 saturated heterocycles. The van der Waals surface area contributed by atoms with Crippen LogP contribution in [0.5, 0.6) is 0 Å². The molecule has 0 bridgehead atoms. The van der Waals surface area contributed by atoms with Crippen LogP contribution in [0.15, 0.2) is 30.3 Å². The van der Waals surface area contributed by atoms with E-state index in [9.17, 15) is 4.79 Å². The van der Waals surface area contributed by atoms with Gasteiger partial charge < -0.3 is 15.4 Å². The molecule has 5 nitrogen and oxygen atoms in total. The smallest absolute Gasteiger partial charge is 0.250 e. The molecule has 1 amide bonds. The van der Waals surface area contributed by atoms with Crippen LogP contribution in [0.2, 0.25) is 0 Å². The summed E-state index contributed by atoms with van der Waals surface area (Å²) in [6.45, 7) is 5.83. The summed E-state index contributed by atoms with van der Waals surface area (Å²) in [6, 6.07) is 10.8. The number of hydrogen-bond donors (Lipinski definition) is 2. The summed E-state index contributed by atoms with van der Waals surface area (Å²) in [5.74, 6) is -0.00916. The van der Waals surface area contributed by atoms with Crippen LogP contribution in [0.1, 0.15) is 18.9 Å². The molecule has 1 fully saturated rings. The average molecular weight is 305 g/mol. The van der Waals surface area contributed by atoms with Crippen LogP contribution in [0.4, 0.5) is 0 Å². The van der Waals surface area contributed by atoms with Crippen LogP contribution in [-0.4, -0.2) is 56.2 Å². The van der Waals surface area contributed by atoms with Crippen molar-refractivity contribution in [1.29, 1.82) is 0 Å². The second kappa shape index (κ2) is 8.88. The van der Waals surface area contributed by atoms with Crippen molar-refractivity contribution in [3.05, 3.63) is 35.9 Å². The van der Waals surface area contributed by atoms with Gasteiger partial charge in [0, 0.05) is 32.2 Å². The van der Waals surface area contributed by atoms with E-state index in [0.717, 1.165) is 19.5 Å². The van der Waals surface area contributed by atoms with E-state index < -0.39 is 0 Å². The van der Waals surface area contributed by atoms with E-state index in [2.05, 4.69) is 53.8 Å². The lowest BCUT2D eigenvalue weighted by Gasteiger charge is -2.26. The normalized spacial score (nSPS) is 19.9. The molecule has 2 rings (SSSR count). The number of nitrogens with zero attached hydrogens (tertiary/aromatic N) is 1. The lowest BCUT2D eigenvalue weighted by atomic mass is 10.1. The Morgan fingerprint density at radius 2 is 2.23 bits per heavy atom. The minimum absolute atomic E-state index is 0.00916. The molecule has 0 aromatic heterocycles. The number of benzene rings is 1. The topological polar surface area (TPSA) is 53.6 Å². The Morgan fingerprint density at radius 1 is 1.45 bits per heavy atom. The summed E-state index contributed by atoms with van der Waals surface area (Å²) in [5, 5.41) is 6.14. The first-order chi connectivity index (χ1) is 10.7. The van der Waals surface area contributed by atoms with Gasteiger partial charge in [0.05, 0.1) is 6.61 Å². The van der Waals surface area contributed by atoms with Crippen molar-refractivity contribution >= 4 is 5.91 Å². The highest BCUT2D eigenvalue weighted by molar-refractivity contribution is 5.81. The van der Waals surface area contributed by atoms with Crippen molar-refractivity contribution in [2.45, 2.75) is 32.0 Å². The van der Waals surface area contributed by atoms with Crippen molar-refractivity contribution in [3.63, 3.8) is 0 Å². The summed E-state index contributed by atoms with van der Waals surface area (Å²) in [6.07, 6.45) is 0.584. The van der Waals surface area contributed by atoms with Crippen molar-refractivity contribution in [2.24, 2.45) is 0 Å². The number of amides is 1. The lowest BCUT2D eigenvalue weighted by Crippen LogP contribution is -2.48. The molecule has 5 heteroatoms. The minimum atomic E-state index is -0.342. The lowest BCUT2D eigenvalue weighted by molar-refractivity contribution is -0.134. The van der Waals surface area contributed by atoms with Crippen molar-refractivity contribution in [1.82, 2.24) is 15.5 Å². The van der Waals surface area contributed by atoms with Gasteiger partial charge in [0.25, 0.3) is 0 Å². The molecular weight excluding hydrogens is 278 g/mol. The maximum absolute atomic E-state index is 12.0. The molecule has 1 aliphatic heterocycles. The van der Waals surface area contributed by atoms with Crippen LogP contribution in [-0.2, 0) is 16.1 Å². The van der Waals surface area contributed by atoms with E-state index in [1.165, 1.54) is 5.56 Å². The fourth-order valence-corrected chi connectivity index (χ4v) is 2.50. The van der Waals surface area contributed by atoms with Crippen LogP contribution in [0, 0.1) is 0 Å². The van der Waals surface area contributed by atoms with E-state index in [-0.39, 0.29) is 12.0 Å². The highest BCUT2D eigenvalue weighted by Gasteiger charge is 2.21. The second-order valence-corrected chi connectivity index (χ2v) is 5.89. The molecule has 1 aromatic rings. The Balaban J connectivity index is 1.66. The predicted octanol–water partition coefficient (Wildman–Crippen LogP) is 1.00. The number of carbonyl (C=O) groups excluding carboxylic acids is 1. The van der Waals surface area contributed by atoms with Crippen molar-refractivity contribution < 1.29 is 9.53 Å². The first-order valence-corrected chi connectivity index (χ1v) is 8.01. The van der Waals surface area contributed by atoms with E-state index in [4.69, 9.17) is 4.74 Å². The zero-order valence-electron chi connectivity index (χ0n) is 13.5. The second-order valence-electron chi connectivity index (χ2n) is 5.89. The third-order valence-corrected chi connectivity index (χ3v) is 4.11. The molecule has 1 aliphatic rings. The SMILES string of the molecule is CC(CCNC(=O)C1CNCCO1)N(C)Cc1ccccc1. The third kappa shape index (κ3) is 5.40. The molecule has 0 radical (unpaired) electrons. The largest absolute Gasteiger partial charge is 0.366 e. The van der Waals surface area contributed by atoms with Gasteiger partial charge in [-0.1, -0.05) is 30.3 Å². The maximum atomic E-state index is 12.0. The number of ether oxygens (including phenoxy) is 1. The molecule has 0 aliphatic carbocycles. The number of hydrogen-bond acceptors (Lipinski definition) is 4. The van der Waals surface area contributed by atoms with Gasteiger partial charge in [-0.3, -0.25) is 9.69 Å². The molecule has 0 saturated carbocycles. The van der Waals surface area contributed by atoms with Gasteiger partial charge in [0.15, 0.2) is 0 Å². The van der Waals surface area contributed by atoms with Crippen molar-refractivity contribution in [2.75, 3.05) is 33.3 Å².